The molecule has 1 unspecified atom stereocenters. The first-order valence-corrected chi connectivity index (χ1v) is 8.60. The van der Waals surface area contributed by atoms with Crippen molar-refractivity contribution in [3.8, 4) is 0 Å². The molecule has 19 heavy (non-hydrogen) atoms. The van der Waals surface area contributed by atoms with Crippen molar-refractivity contribution in [3.63, 3.8) is 0 Å². The average molecular weight is 303 g/mol. The van der Waals surface area contributed by atoms with Crippen LogP contribution >= 0.6 is 11.6 Å². The van der Waals surface area contributed by atoms with E-state index in [0.717, 1.165) is 32.5 Å². The molecule has 1 aromatic carbocycles. The molecule has 1 aliphatic heterocycles. The molecular formula is C13H19ClN2O2S. The van der Waals surface area contributed by atoms with Gasteiger partial charge in [-0.2, -0.15) is 0 Å². The number of nitrogens with one attached hydrogen (secondary N) is 1. The van der Waals surface area contributed by atoms with Gasteiger partial charge >= 0.3 is 0 Å². The number of alkyl halides is 1. The normalized spacial score (nSPS) is 21.4. The van der Waals surface area contributed by atoms with Crippen molar-refractivity contribution in [3.05, 3.63) is 35.9 Å². The van der Waals surface area contributed by atoms with Crippen LogP contribution in [0.2, 0.25) is 0 Å². The van der Waals surface area contributed by atoms with Gasteiger partial charge in [0.1, 0.15) is 5.21 Å². The zero-order chi connectivity index (χ0) is 13.7. The van der Waals surface area contributed by atoms with Gasteiger partial charge in [-0.05, 0) is 24.9 Å². The first-order chi connectivity index (χ1) is 9.09. The molecule has 4 nitrogen and oxygen atoms in total. The minimum atomic E-state index is -3.33. The van der Waals surface area contributed by atoms with E-state index in [4.69, 9.17) is 11.6 Å². The van der Waals surface area contributed by atoms with E-state index in [2.05, 4.69) is 21.8 Å². The molecule has 1 aromatic rings. The Morgan fingerprint density at radius 2 is 2.05 bits per heavy atom. The van der Waals surface area contributed by atoms with Crippen molar-refractivity contribution in [2.75, 3.05) is 18.3 Å². The van der Waals surface area contributed by atoms with Crippen molar-refractivity contribution in [1.29, 1.82) is 0 Å². The highest BCUT2D eigenvalue weighted by atomic mass is 35.5. The molecule has 1 aliphatic rings. The lowest BCUT2D eigenvalue weighted by Gasteiger charge is -2.32. The summed E-state index contributed by atoms with van der Waals surface area (Å²) < 4.78 is 25.6. The highest BCUT2D eigenvalue weighted by Gasteiger charge is 2.23. The van der Waals surface area contributed by atoms with Crippen molar-refractivity contribution in [2.24, 2.45) is 0 Å². The molecule has 2 rings (SSSR count). The SMILES string of the molecule is O=S(=O)(CCl)NC1CCCN(Cc2ccccc2)C1. The second-order valence-corrected chi connectivity index (χ2v) is 7.24. The summed E-state index contributed by atoms with van der Waals surface area (Å²) in [6.07, 6.45) is 1.88. The van der Waals surface area contributed by atoms with E-state index >= 15 is 0 Å². The monoisotopic (exact) mass is 302 g/mol. The van der Waals surface area contributed by atoms with Gasteiger partial charge in [-0.1, -0.05) is 30.3 Å². The van der Waals surface area contributed by atoms with Crippen LogP contribution in [0.25, 0.3) is 0 Å². The molecular weight excluding hydrogens is 284 g/mol. The molecule has 1 N–H and O–H groups in total. The molecule has 1 atom stereocenters. The fourth-order valence-electron chi connectivity index (χ4n) is 2.42. The van der Waals surface area contributed by atoms with Crippen molar-refractivity contribution in [1.82, 2.24) is 9.62 Å². The van der Waals surface area contributed by atoms with E-state index < -0.39 is 10.0 Å². The van der Waals surface area contributed by atoms with Crippen LogP contribution in [-0.4, -0.2) is 37.7 Å². The fraction of sp³-hybridized carbons (Fsp3) is 0.538. The molecule has 106 valence electrons. The van der Waals surface area contributed by atoms with Crippen LogP contribution in [0.15, 0.2) is 30.3 Å². The molecule has 1 fully saturated rings. The number of sulfonamides is 1. The van der Waals surface area contributed by atoms with Gasteiger partial charge in [0, 0.05) is 19.1 Å². The van der Waals surface area contributed by atoms with E-state index in [9.17, 15) is 8.42 Å². The molecule has 0 radical (unpaired) electrons. The van der Waals surface area contributed by atoms with Crippen LogP contribution in [0.5, 0.6) is 0 Å². The van der Waals surface area contributed by atoms with Crippen LogP contribution in [-0.2, 0) is 16.6 Å². The summed E-state index contributed by atoms with van der Waals surface area (Å²) >= 11 is 5.41. The van der Waals surface area contributed by atoms with Crippen LogP contribution in [0.1, 0.15) is 18.4 Å². The number of rotatable bonds is 5. The van der Waals surface area contributed by atoms with Gasteiger partial charge in [0.25, 0.3) is 0 Å². The molecule has 0 saturated carbocycles. The maximum absolute atomic E-state index is 11.5. The molecule has 0 spiro atoms. The van der Waals surface area contributed by atoms with Crippen LogP contribution < -0.4 is 4.72 Å². The van der Waals surface area contributed by atoms with E-state index in [1.807, 2.05) is 18.2 Å². The third kappa shape index (κ3) is 4.76. The van der Waals surface area contributed by atoms with Gasteiger partial charge in [0.05, 0.1) is 0 Å². The van der Waals surface area contributed by atoms with E-state index in [1.165, 1.54) is 5.56 Å². The van der Waals surface area contributed by atoms with Gasteiger partial charge < -0.3 is 0 Å². The predicted molar refractivity (Wildman–Crippen MR) is 77.5 cm³/mol. The van der Waals surface area contributed by atoms with Gasteiger partial charge in [-0.3, -0.25) is 4.90 Å². The lowest BCUT2D eigenvalue weighted by molar-refractivity contribution is 0.194. The van der Waals surface area contributed by atoms with Gasteiger partial charge in [-0.25, -0.2) is 13.1 Å². The second-order valence-electron chi connectivity index (χ2n) is 4.90. The summed E-state index contributed by atoms with van der Waals surface area (Å²) in [4.78, 5) is 2.28. The number of likely N-dealkylation sites (tertiary alicyclic amines) is 1. The minimum absolute atomic E-state index is 0.0267. The maximum Gasteiger partial charge on any atom is 0.225 e. The summed E-state index contributed by atoms with van der Waals surface area (Å²) in [5.41, 5.74) is 1.25. The average Bonchev–Trinajstić information content (AvgIpc) is 2.40. The smallest absolute Gasteiger partial charge is 0.225 e. The third-order valence-corrected chi connectivity index (χ3v) is 5.09. The Hall–Kier alpha value is -0.620. The molecule has 0 aliphatic carbocycles. The number of halogens is 1. The van der Waals surface area contributed by atoms with Crippen molar-refractivity contribution in [2.45, 2.75) is 25.4 Å². The minimum Gasteiger partial charge on any atom is -0.298 e. The van der Waals surface area contributed by atoms with Crippen LogP contribution in [0, 0.1) is 0 Å². The summed E-state index contributed by atoms with van der Waals surface area (Å²) in [6.45, 7) is 2.61. The van der Waals surface area contributed by atoms with E-state index in [-0.39, 0.29) is 11.3 Å². The van der Waals surface area contributed by atoms with Crippen LogP contribution in [0.4, 0.5) is 0 Å². The maximum atomic E-state index is 11.5. The highest BCUT2D eigenvalue weighted by molar-refractivity contribution is 7.90. The Bertz CT molecular complexity index is 493. The highest BCUT2D eigenvalue weighted by Crippen LogP contribution is 2.14. The first-order valence-electron chi connectivity index (χ1n) is 6.41. The Kier molecular flexibility index (Phi) is 5.21. The summed E-state index contributed by atoms with van der Waals surface area (Å²) in [5, 5.41) is -0.373. The Morgan fingerprint density at radius 1 is 1.32 bits per heavy atom. The third-order valence-electron chi connectivity index (χ3n) is 3.24. The van der Waals surface area contributed by atoms with Gasteiger partial charge in [0.2, 0.25) is 10.0 Å². The number of benzene rings is 1. The quantitative estimate of drug-likeness (QED) is 0.843. The number of hydrogen-bond donors (Lipinski definition) is 1. The van der Waals surface area contributed by atoms with Crippen molar-refractivity contribution < 1.29 is 8.42 Å². The second kappa shape index (κ2) is 6.70. The molecule has 1 saturated heterocycles. The Balaban J connectivity index is 1.91. The zero-order valence-corrected chi connectivity index (χ0v) is 12.3. The van der Waals surface area contributed by atoms with Gasteiger partial charge in [0.15, 0.2) is 0 Å². The number of nitrogens with zero attached hydrogens (tertiary/aromatic N) is 1. The summed E-state index contributed by atoms with van der Waals surface area (Å²) in [6, 6.07) is 10.2. The lowest BCUT2D eigenvalue weighted by atomic mass is 10.1. The van der Waals surface area contributed by atoms with Crippen molar-refractivity contribution >= 4 is 21.6 Å². The Labute approximate surface area is 119 Å². The number of hydrogen-bond acceptors (Lipinski definition) is 3. The molecule has 0 aromatic heterocycles. The van der Waals surface area contributed by atoms with Gasteiger partial charge in [-0.15, -0.1) is 11.6 Å². The molecule has 6 heteroatoms. The zero-order valence-electron chi connectivity index (χ0n) is 10.8. The fourth-order valence-corrected chi connectivity index (χ4v) is 3.37. The lowest BCUT2D eigenvalue weighted by Crippen LogP contribution is -2.47. The largest absolute Gasteiger partial charge is 0.298 e. The number of piperidine rings is 1. The van der Waals surface area contributed by atoms with E-state index in [1.54, 1.807) is 0 Å². The summed E-state index contributed by atoms with van der Waals surface area (Å²) in [5.74, 6) is 0. The topological polar surface area (TPSA) is 49.4 Å². The molecule has 0 amide bonds. The van der Waals surface area contributed by atoms with Crippen LogP contribution in [0.3, 0.4) is 0 Å². The standard InChI is InChI=1S/C13H19ClN2O2S/c14-11-19(17,18)15-13-7-4-8-16(10-13)9-12-5-2-1-3-6-12/h1-3,5-6,13,15H,4,7-11H2. The Morgan fingerprint density at radius 3 is 2.74 bits per heavy atom. The first kappa shape index (κ1) is 14.8. The van der Waals surface area contributed by atoms with E-state index in [0.29, 0.717) is 0 Å². The predicted octanol–water partition coefficient (Wildman–Crippen LogP) is 1.77. The molecule has 1 heterocycles. The summed E-state index contributed by atoms with van der Waals surface area (Å²) in [7, 11) is -3.33. The molecule has 0 bridgehead atoms.